The minimum absolute atomic E-state index is 0.175. The molecule has 0 spiro atoms. The van der Waals surface area contributed by atoms with Gasteiger partial charge in [0.2, 0.25) is 5.78 Å². The fourth-order valence-electron chi connectivity index (χ4n) is 3.08. The number of nitriles is 1. The Balaban J connectivity index is 1.91. The molecule has 1 aliphatic heterocycles. The SMILES string of the molecule is CC1(C)CCc2cc(/C=C(\C#N)C(=O)c3cccc(C(F)(F)F)c3)ccc2O1. The normalized spacial score (nSPS) is 15.9. The lowest BCUT2D eigenvalue weighted by molar-refractivity contribution is -0.137. The van der Waals surface area contributed by atoms with Gasteiger partial charge in [0.15, 0.2) is 0 Å². The highest BCUT2D eigenvalue weighted by Gasteiger charge is 2.31. The maximum absolute atomic E-state index is 12.9. The average molecular weight is 385 g/mol. The third kappa shape index (κ3) is 4.25. The molecular weight excluding hydrogens is 367 g/mol. The summed E-state index contributed by atoms with van der Waals surface area (Å²) in [5.74, 6) is 0.0137. The van der Waals surface area contributed by atoms with Crippen LogP contribution in [0.2, 0.25) is 0 Å². The highest BCUT2D eigenvalue weighted by Crippen LogP contribution is 2.34. The first-order valence-corrected chi connectivity index (χ1v) is 8.75. The molecule has 144 valence electrons. The van der Waals surface area contributed by atoms with Gasteiger partial charge in [0.25, 0.3) is 0 Å². The number of benzene rings is 2. The van der Waals surface area contributed by atoms with Gasteiger partial charge in [-0.3, -0.25) is 4.79 Å². The minimum atomic E-state index is -4.56. The Morgan fingerprint density at radius 1 is 1.21 bits per heavy atom. The van der Waals surface area contributed by atoms with Gasteiger partial charge < -0.3 is 4.74 Å². The van der Waals surface area contributed by atoms with Gasteiger partial charge in [-0.25, -0.2) is 0 Å². The largest absolute Gasteiger partial charge is 0.488 e. The Morgan fingerprint density at radius 2 is 1.96 bits per heavy atom. The van der Waals surface area contributed by atoms with E-state index in [0.717, 1.165) is 42.4 Å². The summed E-state index contributed by atoms with van der Waals surface area (Å²) in [4.78, 5) is 12.6. The highest BCUT2D eigenvalue weighted by molar-refractivity contribution is 6.14. The molecule has 0 unspecified atom stereocenters. The zero-order valence-corrected chi connectivity index (χ0v) is 15.4. The van der Waals surface area contributed by atoms with E-state index < -0.39 is 17.5 Å². The van der Waals surface area contributed by atoms with Crippen molar-refractivity contribution in [3.05, 3.63) is 70.3 Å². The van der Waals surface area contributed by atoms with Crippen molar-refractivity contribution < 1.29 is 22.7 Å². The predicted molar refractivity (Wildman–Crippen MR) is 98.8 cm³/mol. The van der Waals surface area contributed by atoms with Crippen LogP contribution in [0.3, 0.4) is 0 Å². The number of Topliss-reactive ketones (excluding diaryl/α,β-unsaturated/α-hetero) is 1. The molecule has 0 atom stereocenters. The van der Waals surface area contributed by atoms with Crippen LogP contribution in [0.5, 0.6) is 5.75 Å². The van der Waals surface area contributed by atoms with E-state index >= 15 is 0 Å². The van der Waals surface area contributed by atoms with Crippen LogP contribution in [0.25, 0.3) is 6.08 Å². The predicted octanol–water partition coefficient (Wildman–Crippen LogP) is 5.60. The summed E-state index contributed by atoms with van der Waals surface area (Å²) in [5, 5.41) is 9.37. The van der Waals surface area contributed by atoms with Crippen molar-refractivity contribution in [1.29, 1.82) is 5.26 Å². The molecule has 0 amide bonds. The van der Waals surface area contributed by atoms with E-state index in [1.807, 2.05) is 19.9 Å². The fourth-order valence-corrected chi connectivity index (χ4v) is 3.08. The van der Waals surface area contributed by atoms with Crippen molar-refractivity contribution >= 4 is 11.9 Å². The van der Waals surface area contributed by atoms with Gasteiger partial charge in [-0.05, 0) is 68.2 Å². The number of allylic oxidation sites excluding steroid dienone is 1. The molecule has 0 fully saturated rings. The summed E-state index contributed by atoms with van der Waals surface area (Å²) in [6.07, 6.45) is -1.53. The minimum Gasteiger partial charge on any atom is -0.488 e. The second-order valence-electron chi connectivity index (χ2n) is 7.31. The van der Waals surface area contributed by atoms with Gasteiger partial charge in [-0.2, -0.15) is 18.4 Å². The van der Waals surface area contributed by atoms with Crippen LogP contribution in [-0.4, -0.2) is 11.4 Å². The van der Waals surface area contributed by atoms with Crippen molar-refractivity contribution in [3.63, 3.8) is 0 Å². The van der Waals surface area contributed by atoms with Crippen LogP contribution >= 0.6 is 0 Å². The number of carbonyl (C=O) groups excluding carboxylic acids is 1. The summed E-state index contributed by atoms with van der Waals surface area (Å²) in [6.45, 7) is 4.01. The molecule has 3 rings (SSSR count). The van der Waals surface area contributed by atoms with Gasteiger partial charge in [0.1, 0.15) is 23.0 Å². The molecule has 2 aromatic carbocycles. The molecule has 3 nitrogen and oxygen atoms in total. The number of nitrogens with zero attached hydrogens (tertiary/aromatic N) is 1. The number of carbonyl (C=O) groups is 1. The van der Waals surface area contributed by atoms with Gasteiger partial charge in [0, 0.05) is 5.56 Å². The van der Waals surface area contributed by atoms with Gasteiger partial charge in [-0.1, -0.05) is 18.2 Å². The maximum Gasteiger partial charge on any atom is 0.416 e. The number of halogens is 3. The van der Waals surface area contributed by atoms with Crippen molar-refractivity contribution in [2.24, 2.45) is 0 Å². The third-order valence-electron chi connectivity index (χ3n) is 4.60. The molecule has 0 N–H and O–H groups in total. The number of alkyl halides is 3. The van der Waals surface area contributed by atoms with E-state index in [-0.39, 0.29) is 16.7 Å². The van der Waals surface area contributed by atoms with Crippen molar-refractivity contribution in [1.82, 2.24) is 0 Å². The van der Waals surface area contributed by atoms with Crippen LogP contribution in [-0.2, 0) is 12.6 Å². The molecule has 1 aliphatic rings. The third-order valence-corrected chi connectivity index (χ3v) is 4.60. The molecule has 0 aliphatic carbocycles. The second-order valence-corrected chi connectivity index (χ2v) is 7.31. The lowest BCUT2D eigenvalue weighted by Crippen LogP contribution is -2.32. The Labute approximate surface area is 161 Å². The Hall–Kier alpha value is -3.07. The van der Waals surface area contributed by atoms with Crippen LogP contribution in [0.1, 0.15) is 47.3 Å². The number of ketones is 1. The van der Waals surface area contributed by atoms with Crippen molar-refractivity contribution in [2.75, 3.05) is 0 Å². The highest BCUT2D eigenvalue weighted by atomic mass is 19.4. The topological polar surface area (TPSA) is 50.1 Å². The monoisotopic (exact) mass is 385 g/mol. The number of fused-ring (bicyclic) bond motifs is 1. The maximum atomic E-state index is 12.9. The smallest absolute Gasteiger partial charge is 0.416 e. The van der Waals surface area contributed by atoms with Crippen LogP contribution < -0.4 is 4.74 Å². The molecule has 0 saturated heterocycles. The standard InChI is InChI=1S/C22H18F3NO2/c1-21(2)9-8-15-10-14(6-7-19(15)28-21)11-17(13-26)20(27)16-4-3-5-18(12-16)22(23,24)25/h3-7,10-12H,8-9H2,1-2H3/b17-11+. The molecule has 1 heterocycles. The van der Waals surface area contributed by atoms with E-state index in [2.05, 4.69) is 0 Å². The quantitative estimate of drug-likeness (QED) is 0.393. The van der Waals surface area contributed by atoms with E-state index in [1.54, 1.807) is 18.2 Å². The average Bonchev–Trinajstić information content (AvgIpc) is 2.64. The number of rotatable bonds is 3. The first kappa shape index (κ1) is 19.7. The molecule has 2 aromatic rings. The summed E-state index contributed by atoms with van der Waals surface area (Å²) < 4.78 is 44.5. The summed E-state index contributed by atoms with van der Waals surface area (Å²) in [6, 6.07) is 11.2. The molecule has 28 heavy (non-hydrogen) atoms. The van der Waals surface area contributed by atoms with Crippen LogP contribution in [0, 0.1) is 11.3 Å². The lowest BCUT2D eigenvalue weighted by atomic mass is 9.92. The molecule has 6 heteroatoms. The number of hydrogen-bond acceptors (Lipinski definition) is 3. The molecule has 0 saturated carbocycles. The van der Waals surface area contributed by atoms with Crippen LogP contribution in [0.4, 0.5) is 13.2 Å². The Morgan fingerprint density at radius 3 is 2.64 bits per heavy atom. The summed E-state index contributed by atoms with van der Waals surface area (Å²) in [5.41, 5.74) is 0.0174. The van der Waals surface area contributed by atoms with E-state index in [0.29, 0.717) is 5.56 Å². The summed E-state index contributed by atoms with van der Waals surface area (Å²) in [7, 11) is 0. The molecule has 0 bridgehead atoms. The second kappa shape index (κ2) is 7.16. The van der Waals surface area contributed by atoms with Gasteiger partial charge in [0.05, 0.1) is 5.56 Å². The molecular formula is C22H18F3NO2. The van der Waals surface area contributed by atoms with E-state index in [9.17, 15) is 23.2 Å². The van der Waals surface area contributed by atoms with Gasteiger partial charge in [-0.15, -0.1) is 0 Å². The molecule has 0 radical (unpaired) electrons. The van der Waals surface area contributed by atoms with E-state index in [4.69, 9.17) is 4.74 Å². The van der Waals surface area contributed by atoms with Crippen LogP contribution in [0.15, 0.2) is 48.0 Å². The van der Waals surface area contributed by atoms with Gasteiger partial charge >= 0.3 is 6.18 Å². The Bertz CT molecular complexity index is 998. The first-order valence-electron chi connectivity index (χ1n) is 8.75. The first-order chi connectivity index (χ1) is 13.1. The number of aryl methyl sites for hydroxylation is 1. The lowest BCUT2D eigenvalue weighted by Gasteiger charge is -2.32. The van der Waals surface area contributed by atoms with Crippen molar-refractivity contribution in [2.45, 2.75) is 38.5 Å². The van der Waals surface area contributed by atoms with Crippen molar-refractivity contribution in [3.8, 4) is 11.8 Å². The zero-order chi connectivity index (χ0) is 20.5. The fraction of sp³-hybridized carbons (Fsp3) is 0.273. The number of ether oxygens (including phenoxy) is 1. The Kier molecular flexibility index (Phi) is 5.03. The zero-order valence-electron chi connectivity index (χ0n) is 15.4. The molecule has 0 aromatic heterocycles. The number of hydrogen-bond donors (Lipinski definition) is 0. The summed E-state index contributed by atoms with van der Waals surface area (Å²) >= 11 is 0. The van der Waals surface area contributed by atoms with E-state index in [1.165, 1.54) is 12.1 Å².